The Hall–Kier alpha value is -3.11. The molecule has 0 bridgehead atoms. The molecule has 0 aliphatic carbocycles. The van der Waals surface area contributed by atoms with Gasteiger partial charge in [-0.05, 0) is 27.7 Å². The number of nitrogens with zero attached hydrogens (tertiary/aromatic N) is 1. The standard InChI is InChI=1S/C20H29NO10/c1-12(2)18(26)29-9-8-28-15(22)6-7-16(23)30-13-10-14(17(24)25)21(11-13)19(27)31-20(3,4)5/h13-14H,1,6-11H2,2-5H3,(H,24,25)/t13-,14+/m1/s1. The molecule has 0 radical (unpaired) electrons. The first-order chi connectivity index (χ1) is 14.3. The number of hydrogen-bond donors (Lipinski definition) is 1. The zero-order chi connectivity index (χ0) is 23.8. The van der Waals surface area contributed by atoms with Crippen molar-refractivity contribution in [1.29, 1.82) is 0 Å². The number of rotatable bonds is 9. The Morgan fingerprint density at radius 3 is 2.16 bits per heavy atom. The average molecular weight is 443 g/mol. The van der Waals surface area contributed by atoms with Gasteiger partial charge in [0.2, 0.25) is 0 Å². The molecule has 1 rings (SSSR count). The highest BCUT2D eigenvalue weighted by Gasteiger charge is 2.43. The summed E-state index contributed by atoms with van der Waals surface area (Å²) in [6.45, 7) is 9.41. The van der Waals surface area contributed by atoms with E-state index in [4.69, 9.17) is 18.9 Å². The highest BCUT2D eigenvalue weighted by molar-refractivity contribution is 5.87. The maximum absolute atomic E-state index is 12.2. The van der Waals surface area contributed by atoms with Crippen LogP contribution in [0, 0.1) is 0 Å². The summed E-state index contributed by atoms with van der Waals surface area (Å²) in [7, 11) is 0. The molecule has 0 unspecified atom stereocenters. The van der Waals surface area contributed by atoms with Crippen LogP contribution in [0.1, 0.15) is 47.0 Å². The van der Waals surface area contributed by atoms with E-state index in [1.165, 1.54) is 6.92 Å². The van der Waals surface area contributed by atoms with Gasteiger partial charge >= 0.3 is 30.0 Å². The van der Waals surface area contributed by atoms with Crippen LogP contribution >= 0.6 is 0 Å². The van der Waals surface area contributed by atoms with E-state index in [0.717, 1.165) is 4.90 Å². The number of carbonyl (C=O) groups excluding carboxylic acids is 4. The van der Waals surface area contributed by atoms with Crippen molar-refractivity contribution in [2.75, 3.05) is 19.8 Å². The Labute approximate surface area is 180 Å². The van der Waals surface area contributed by atoms with Crippen LogP contribution in [-0.4, -0.2) is 77.5 Å². The third-order valence-electron chi connectivity index (χ3n) is 3.94. The molecule has 174 valence electrons. The number of hydrogen-bond acceptors (Lipinski definition) is 9. The molecule has 0 saturated carbocycles. The molecule has 1 saturated heterocycles. The molecule has 1 fully saturated rings. The van der Waals surface area contributed by atoms with E-state index in [1.807, 2.05) is 0 Å². The first-order valence-corrected chi connectivity index (χ1v) is 9.70. The lowest BCUT2D eigenvalue weighted by molar-refractivity contribution is -0.155. The van der Waals surface area contributed by atoms with E-state index in [-0.39, 0.29) is 44.6 Å². The largest absolute Gasteiger partial charge is 0.480 e. The summed E-state index contributed by atoms with van der Waals surface area (Å²) in [5.74, 6) is -3.25. The molecule has 1 aliphatic rings. The van der Waals surface area contributed by atoms with E-state index >= 15 is 0 Å². The van der Waals surface area contributed by atoms with Crippen molar-refractivity contribution in [2.45, 2.75) is 64.7 Å². The van der Waals surface area contributed by atoms with Gasteiger partial charge in [-0.15, -0.1) is 0 Å². The Bertz CT molecular complexity index is 724. The fraction of sp³-hybridized carbons (Fsp3) is 0.650. The van der Waals surface area contributed by atoms with Gasteiger partial charge in [0.1, 0.15) is 31.0 Å². The number of aliphatic carboxylic acids is 1. The van der Waals surface area contributed by atoms with Gasteiger partial charge in [0.05, 0.1) is 19.4 Å². The molecular weight excluding hydrogens is 414 g/mol. The lowest BCUT2D eigenvalue weighted by Crippen LogP contribution is -2.43. The highest BCUT2D eigenvalue weighted by atomic mass is 16.6. The van der Waals surface area contributed by atoms with Crippen LogP contribution in [-0.2, 0) is 38.1 Å². The van der Waals surface area contributed by atoms with Gasteiger partial charge in [-0.2, -0.15) is 0 Å². The van der Waals surface area contributed by atoms with Crippen molar-refractivity contribution in [3.63, 3.8) is 0 Å². The van der Waals surface area contributed by atoms with Gasteiger partial charge in [0.25, 0.3) is 0 Å². The number of likely N-dealkylation sites (tertiary alicyclic amines) is 1. The van der Waals surface area contributed by atoms with E-state index in [9.17, 15) is 29.1 Å². The first-order valence-electron chi connectivity index (χ1n) is 9.70. The second kappa shape index (κ2) is 11.3. The maximum Gasteiger partial charge on any atom is 0.411 e. The van der Waals surface area contributed by atoms with Crippen molar-refractivity contribution >= 4 is 30.0 Å². The third kappa shape index (κ3) is 9.49. The number of carbonyl (C=O) groups is 5. The number of carboxylic acid groups (broad SMARTS) is 1. The van der Waals surface area contributed by atoms with Crippen LogP contribution in [0.5, 0.6) is 0 Å². The van der Waals surface area contributed by atoms with Crippen LogP contribution in [0.3, 0.4) is 0 Å². The van der Waals surface area contributed by atoms with Gasteiger partial charge in [0, 0.05) is 12.0 Å². The van der Waals surface area contributed by atoms with E-state index < -0.39 is 47.7 Å². The third-order valence-corrected chi connectivity index (χ3v) is 3.94. The van der Waals surface area contributed by atoms with Gasteiger partial charge < -0.3 is 24.1 Å². The molecule has 0 spiro atoms. The molecule has 1 aliphatic heterocycles. The predicted octanol–water partition coefficient (Wildman–Crippen LogP) is 1.43. The molecular formula is C20H29NO10. The zero-order valence-electron chi connectivity index (χ0n) is 18.2. The first kappa shape index (κ1) is 25.9. The quantitative estimate of drug-likeness (QED) is 0.240. The van der Waals surface area contributed by atoms with Crippen LogP contribution < -0.4 is 0 Å². The summed E-state index contributed by atoms with van der Waals surface area (Å²) >= 11 is 0. The van der Waals surface area contributed by atoms with Crippen LogP contribution in [0.15, 0.2) is 12.2 Å². The average Bonchev–Trinajstić information content (AvgIpc) is 3.06. The van der Waals surface area contributed by atoms with Gasteiger partial charge in [-0.3, -0.25) is 14.5 Å². The summed E-state index contributed by atoms with van der Waals surface area (Å²) in [5, 5.41) is 9.34. The lowest BCUT2D eigenvalue weighted by atomic mass is 10.2. The predicted molar refractivity (Wildman–Crippen MR) is 105 cm³/mol. The van der Waals surface area contributed by atoms with Gasteiger partial charge in [0.15, 0.2) is 0 Å². The summed E-state index contributed by atoms with van der Waals surface area (Å²) in [5.41, 5.74) is -0.589. The minimum absolute atomic E-state index is 0.0845. The summed E-state index contributed by atoms with van der Waals surface area (Å²) in [6, 6.07) is -1.18. The Balaban J connectivity index is 2.42. The Morgan fingerprint density at radius 2 is 1.61 bits per heavy atom. The number of ether oxygens (including phenoxy) is 4. The summed E-state index contributed by atoms with van der Waals surface area (Å²) < 4.78 is 20.0. The summed E-state index contributed by atoms with van der Waals surface area (Å²) in [6.07, 6.45) is -2.28. The molecule has 0 aromatic heterocycles. The second-order valence-corrected chi connectivity index (χ2v) is 7.97. The monoisotopic (exact) mass is 443 g/mol. The number of esters is 3. The van der Waals surface area contributed by atoms with Crippen molar-refractivity contribution in [2.24, 2.45) is 0 Å². The zero-order valence-corrected chi connectivity index (χ0v) is 18.2. The normalized spacial score (nSPS) is 18.1. The molecule has 1 heterocycles. The Kier molecular flexibility index (Phi) is 9.47. The smallest absolute Gasteiger partial charge is 0.411 e. The molecule has 2 atom stereocenters. The fourth-order valence-corrected chi connectivity index (χ4v) is 2.57. The molecule has 31 heavy (non-hydrogen) atoms. The van der Waals surface area contributed by atoms with Crippen LogP contribution in [0.2, 0.25) is 0 Å². The van der Waals surface area contributed by atoms with E-state index in [2.05, 4.69) is 6.58 Å². The van der Waals surface area contributed by atoms with E-state index in [1.54, 1.807) is 20.8 Å². The maximum atomic E-state index is 12.2. The Morgan fingerprint density at radius 1 is 1.03 bits per heavy atom. The van der Waals surface area contributed by atoms with E-state index in [0.29, 0.717) is 0 Å². The molecule has 11 nitrogen and oxygen atoms in total. The topological polar surface area (TPSA) is 146 Å². The minimum atomic E-state index is -1.24. The van der Waals surface area contributed by atoms with Gasteiger partial charge in [-0.25, -0.2) is 14.4 Å². The highest BCUT2D eigenvalue weighted by Crippen LogP contribution is 2.24. The molecule has 1 N–H and O–H groups in total. The molecule has 0 aromatic carbocycles. The fourth-order valence-electron chi connectivity index (χ4n) is 2.57. The van der Waals surface area contributed by atoms with Crippen molar-refractivity contribution in [1.82, 2.24) is 4.90 Å². The molecule has 0 aromatic rings. The number of carboxylic acids is 1. The second-order valence-electron chi connectivity index (χ2n) is 7.97. The van der Waals surface area contributed by atoms with Crippen molar-refractivity contribution in [3.05, 3.63) is 12.2 Å². The van der Waals surface area contributed by atoms with Gasteiger partial charge in [-0.1, -0.05) is 6.58 Å². The molecule has 11 heteroatoms. The van der Waals surface area contributed by atoms with Crippen LogP contribution in [0.25, 0.3) is 0 Å². The van der Waals surface area contributed by atoms with Crippen molar-refractivity contribution in [3.8, 4) is 0 Å². The minimum Gasteiger partial charge on any atom is -0.480 e. The molecule has 1 amide bonds. The summed E-state index contributed by atoms with van der Waals surface area (Å²) in [4.78, 5) is 59.5. The van der Waals surface area contributed by atoms with Crippen molar-refractivity contribution < 1.29 is 48.0 Å². The lowest BCUT2D eigenvalue weighted by Gasteiger charge is -2.26. The SMILES string of the molecule is C=C(C)C(=O)OCCOC(=O)CCC(=O)O[C@@H]1C[C@@H](C(=O)O)N(C(=O)OC(C)(C)C)C1. The van der Waals surface area contributed by atoms with Crippen LogP contribution in [0.4, 0.5) is 4.79 Å². The number of amides is 1.